The van der Waals surface area contributed by atoms with Gasteiger partial charge in [0.05, 0.1) is 17.5 Å². The van der Waals surface area contributed by atoms with Gasteiger partial charge >= 0.3 is 0 Å². The van der Waals surface area contributed by atoms with Crippen LogP contribution in [0.4, 0.5) is 11.4 Å². The Morgan fingerprint density at radius 2 is 1.48 bits per heavy atom. The number of hydrogen-bond acceptors (Lipinski definition) is 3. The van der Waals surface area contributed by atoms with Crippen molar-refractivity contribution in [3.8, 4) is 0 Å². The highest BCUT2D eigenvalue weighted by atomic mass is 16.2. The van der Waals surface area contributed by atoms with Crippen molar-refractivity contribution in [2.75, 3.05) is 23.9 Å². The van der Waals surface area contributed by atoms with Crippen molar-refractivity contribution in [3.63, 3.8) is 0 Å². The van der Waals surface area contributed by atoms with E-state index >= 15 is 0 Å². The second-order valence-corrected chi connectivity index (χ2v) is 6.42. The van der Waals surface area contributed by atoms with Crippen molar-refractivity contribution >= 4 is 23.2 Å². The smallest absolute Gasteiger partial charge is 0.238 e. The summed E-state index contributed by atoms with van der Waals surface area (Å²) in [5.41, 5.74) is 1.75. The molecule has 2 bridgehead atoms. The van der Waals surface area contributed by atoms with E-state index in [-0.39, 0.29) is 35.5 Å². The van der Waals surface area contributed by atoms with E-state index in [0.717, 1.165) is 12.1 Å². The van der Waals surface area contributed by atoms with E-state index in [4.69, 9.17) is 0 Å². The van der Waals surface area contributed by atoms with E-state index in [9.17, 15) is 9.59 Å². The molecular formula is C17H18N2O2. The first-order valence-corrected chi connectivity index (χ1v) is 7.41. The molecule has 1 saturated carbocycles. The highest BCUT2D eigenvalue weighted by Gasteiger charge is 2.59. The molecule has 2 fully saturated rings. The fraction of sp³-hybridized carbons (Fsp3) is 0.412. The number of benzene rings is 1. The molecule has 1 aliphatic heterocycles. The largest absolute Gasteiger partial charge is 0.378 e. The minimum atomic E-state index is -0.124. The first-order chi connectivity index (χ1) is 10.1. The predicted molar refractivity (Wildman–Crippen MR) is 81.0 cm³/mol. The molecule has 0 unspecified atom stereocenters. The monoisotopic (exact) mass is 282 g/mol. The highest BCUT2D eigenvalue weighted by Crippen LogP contribution is 2.53. The molecule has 0 N–H and O–H groups in total. The molecule has 2 amide bonds. The van der Waals surface area contributed by atoms with Crippen LogP contribution in [0.5, 0.6) is 0 Å². The number of carbonyl (C=O) groups excluding carboxylic acids is 2. The predicted octanol–water partition coefficient (Wildman–Crippen LogP) is 2.06. The molecule has 1 aromatic rings. The summed E-state index contributed by atoms with van der Waals surface area (Å²) in [6.07, 6.45) is 5.21. The minimum absolute atomic E-state index is 0.0144. The van der Waals surface area contributed by atoms with Crippen LogP contribution in [0, 0.1) is 23.7 Å². The number of hydrogen-bond donors (Lipinski definition) is 0. The van der Waals surface area contributed by atoms with Gasteiger partial charge in [-0.2, -0.15) is 0 Å². The Labute approximate surface area is 124 Å². The van der Waals surface area contributed by atoms with Gasteiger partial charge < -0.3 is 4.90 Å². The number of nitrogens with zero attached hydrogens (tertiary/aromatic N) is 2. The highest BCUT2D eigenvalue weighted by molar-refractivity contribution is 6.22. The fourth-order valence-electron chi connectivity index (χ4n) is 4.06. The average molecular weight is 282 g/mol. The molecule has 21 heavy (non-hydrogen) atoms. The summed E-state index contributed by atoms with van der Waals surface area (Å²) in [5.74, 6) is 0.256. The van der Waals surface area contributed by atoms with E-state index in [1.54, 1.807) is 0 Å². The maximum Gasteiger partial charge on any atom is 0.238 e. The van der Waals surface area contributed by atoms with Gasteiger partial charge in [-0.25, -0.2) is 0 Å². The Morgan fingerprint density at radius 1 is 0.952 bits per heavy atom. The summed E-state index contributed by atoms with van der Waals surface area (Å²) in [7, 11) is 3.93. The maximum absolute atomic E-state index is 12.7. The molecule has 1 aromatic carbocycles. The third kappa shape index (κ3) is 1.62. The van der Waals surface area contributed by atoms with Gasteiger partial charge in [-0.15, -0.1) is 0 Å². The van der Waals surface area contributed by atoms with Crippen molar-refractivity contribution in [2.24, 2.45) is 23.7 Å². The number of allylic oxidation sites excluding steroid dienone is 2. The molecule has 1 heterocycles. The van der Waals surface area contributed by atoms with Gasteiger partial charge in [-0.1, -0.05) is 12.2 Å². The standard InChI is InChI=1S/C17H18N2O2/c1-18(2)12-5-7-13(8-6-12)19-16(20)14-10-3-4-11(9-10)15(14)17(19)21/h3-8,10-11,14-15H,9H2,1-2H3/t10-,11-,14-,15-/m0/s1. The molecule has 4 heteroatoms. The first kappa shape index (κ1) is 12.6. The molecule has 4 atom stereocenters. The molecule has 3 aliphatic rings. The zero-order valence-corrected chi connectivity index (χ0v) is 12.2. The molecule has 2 aliphatic carbocycles. The zero-order chi connectivity index (χ0) is 14.7. The van der Waals surface area contributed by atoms with Crippen molar-refractivity contribution in [1.82, 2.24) is 0 Å². The Bertz CT molecular complexity index is 617. The molecule has 0 radical (unpaired) electrons. The normalized spacial score (nSPS) is 33.0. The minimum Gasteiger partial charge on any atom is -0.378 e. The molecule has 1 saturated heterocycles. The van der Waals surface area contributed by atoms with Gasteiger partial charge in [0, 0.05) is 19.8 Å². The van der Waals surface area contributed by atoms with Gasteiger partial charge in [0.15, 0.2) is 0 Å². The lowest BCUT2D eigenvalue weighted by molar-refractivity contribution is -0.123. The van der Waals surface area contributed by atoms with Gasteiger partial charge in [0.2, 0.25) is 11.8 Å². The number of fused-ring (bicyclic) bond motifs is 5. The summed E-state index contributed by atoms with van der Waals surface area (Å²) in [4.78, 5) is 28.7. The molecular weight excluding hydrogens is 264 g/mol. The van der Waals surface area contributed by atoms with Crippen molar-refractivity contribution in [1.29, 1.82) is 0 Å². The maximum atomic E-state index is 12.7. The summed E-state index contributed by atoms with van der Waals surface area (Å²) in [6, 6.07) is 7.61. The van der Waals surface area contributed by atoms with Crippen LogP contribution in [0.25, 0.3) is 0 Å². The number of carbonyl (C=O) groups is 2. The van der Waals surface area contributed by atoms with Crippen molar-refractivity contribution < 1.29 is 9.59 Å². The number of rotatable bonds is 2. The van der Waals surface area contributed by atoms with E-state index < -0.39 is 0 Å². The number of imide groups is 1. The van der Waals surface area contributed by atoms with Crippen molar-refractivity contribution in [2.45, 2.75) is 6.42 Å². The lowest BCUT2D eigenvalue weighted by atomic mass is 9.85. The summed E-state index contributed by atoms with van der Waals surface area (Å²) in [5, 5.41) is 0. The van der Waals surface area contributed by atoms with E-state index in [0.29, 0.717) is 5.69 Å². The zero-order valence-electron chi connectivity index (χ0n) is 12.2. The Hall–Kier alpha value is -2.10. The van der Waals surface area contributed by atoms with Crippen LogP contribution in [-0.4, -0.2) is 25.9 Å². The Kier molecular flexibility index (Phi) is 2.52. The van der Waals surface area contributed by atoms with Crippen molar-refractivity contribution in [3.05, 3.63) is 36.4 Å². The topological polar surface area (TPSA) is 40.6 Å². The van der Waals surface area contributed by atoms with Gasteiger partial charge in [-0.05, 0) is 42.5 Å². The van der Waals surface area contributed by atoms with Crippen LogP contribution in [0.2, 0.25) is 0 Å². The number of anilines is 2. The second kappa shape index (κ2) is 4.20. The lowest BCUT2D eigenvalue weighted by Gasteiger charge is -2.19. The van der Waals surface area contributed by atoms with Crippen LogP contribution in [0.1, 0.15) is 6.42 Å². The quantitative estimate of drug-likeness (QED) is 0.616. The Morgan fingerprint density at radius 3 is 1.95 bits per heavy atom. The SMILES string of the molecule is CN(C)c1ccc(N2C(=O)[C@@H]3[C@@H](C2=O)[C@H]2C=C[C@H]3C2)cc1. The number of amides is 2. The molecule has 0 aromatic heterocycles. The van der Waals surface area contributed by atoms with Gasteiger partial charge in [0.25, 0.3) is 0 Å². The van der Waals surface area contributed by atoms with Gasteiger partial charge in [-0.3, -0.25) is 14.5 Å². The van der Waals surface area contributed by atoms with Crippen LogP contribution in [0.15, 0.2) is 36.4 Å². The fourth-order valence-corrected chi connectivity index (χ4v) is 4.06. The molecule has 4 rings (SSSR count). The summed E-state index contributed by atoms with van der Waals surface area (Å²) >= 11 is 0. The molecule has 4 nitrogen and oxygen atoms in total. The summed E-state index contributed by atoms with van der Waals surface area (Å²) in [6.45, 7) is 0. The summed E-state index contributed by atoms with van der Waals surface area (Å²) < 4.78 is 0. The van der Waals surface area contributed by atoms with Gasteiger partial charge in [0.1, 0.15) is 0 Å². The lowest BCUT2D eigenvalue weighted by Crippen LogP contribution is -2.32. The average Bonchev–Trinajstić information content (AvgIpc) is 3.13. The van der Waals surface area contributed by atoms with Crippen LogP contribution >= 0.6 is 0 Å². The third-order valence-corrected chi connectivity index (χ3v) is 5.09. The van der Waals surface area contributed by atoms with Crippen LogP contribution < -0.4 is 9.80 Å². The first-order valence-electron chi connectivity index (χ1n) is 7.41. The molecule has 108 valence electrons. The van der Waals surface area contributed by atoms with Crippen LogP contribution in [0.3, 0.4) is 0 Å². The second-order valence-electron chi connectivity index (χ2n) is 6.42. The van der Waals surface area contributed by atoms with E-state index in [1.165, 1.54) is 4.90 Å². The van der Waals surface area contributed by atoms with E-state index in [1.807, 2.05) is 43.3 Å². The van der Waals surface area contributed by atoms with E-state index in [2.05, 4.69) is 12.2 Å². The van der Waals surface area contributed by atoms with Crippen LogP contribution in [-0.2, 0) is 9.59 Å². The third-order valence-electron chi connectivity index (χ3n) is 5.09. The molecule has 0 spiro atoms. The Balaban J connectivity index is 1.68.